The molecular weight excluding hydrogens is 280 g/mol. The van der Waals surface area contributed by atoms with Crippen molar-refractivity contribution in [1.29, 1.82) is 0 Å². The Morgan fingerprint density at radius 2 is 1.91 bits per heavy atom. The number of unbranched alkanes of at least 4 members (excludes halogenated alkanes) is 1. The van der Waals surface area contributed by atoms with Gasteiger partial charge < -0.3 is 15.3 Å². The summed E-state index contributed by atoms with van der Waals surface area (Å²) >= 11 is 0. The molecule has 0 spiro atoms. The van der Waals surface area contributed by atoms with Crippen molar-refractivity contribution in [2.45, 2.75) is 77.9 Å². The van der Waals surface area contributed by atoms with Crippen LogP contribution in [0.15, 0.2) is 12.2 Å². The number of aliphatic hydroxyl groups excluding tert-OH is 1. The second kappa shape index (κ2) is 7.60. The number of hydrogen-bond donors (Lipinski definition) is 3. The Kier molecular flexibility index (Phi) is 6.63. The molecule has 1 aliphatic rings. The maximum absolute atomic E-state index is 10.9. The average molecular weight is 312 g/mol. The zero-order chi connectivity index (χ0) is 17.0. The van der Waals surface area contributed by atoms with Crippen molar-refractivity contribution in [1.82, 2.24) is 0 Å². The summed E-state index contributed by atoms with van der Waals surface area (Å²) in [6, 6.07) is 0. The van der Waals surface area contributed by atoms with Crippen molar-refractivity contribution >= 4 is 5.97 Å². The Bertz CT molecular complexity index is 398. The molecule has 4 atom stereocenters. The van der Waals surface area contributed by atoms with Crippen molar-refractivity contribution in [3.63, 3.8) is 0 Å². The fourth-order valence-electron chi connectivity index (χ4n) is 3.21. The van der Waals surface area contributed by atoms with Crippen LogP contribution in [-0.2, 0) is 4.79 Å². The third-order valence-electron chi connectivity index (χ3n) is 5.44. The molecule has 4 heteroatoms. The summed E-state index contributed by atoms with van der Waals surface area (Å²) in [5, 5.41) is 29.7. The summed E-state index contributed by atoms with van der Waals surface area (Å²) in [5.74, 6) is -1.10. The molecule has 1 unspecified atom stereocenters. The lowest BCUT2D eigenvalue weighted by Gasteiger charge is -2.38. The molecule has 0 amide bonds. The molecule has 22 heavy (non-hydrogen) atoms. The number of carbonyl (C=O) groups is 1. The lowest BCUT2D eigenvalue weighted by atomic mass is 9.72. The SMILES string of the molecule is CCCCC(C)(C)C(C)(O)C=C[C@H]1CC[C@H](O)[C@@H]1CC(=O)O. The van der Waals surface area contributed by atoms with Crippen LogP contribution in [-0.4, -0.2) is 33.0 Å². The van der Waals surface area contributed by atoms with Crippen molar-refractivity contribution in [3.8, 4) is 0 Å². The summed E-state index contributed by atoms with van der Waals surface area (Å²) in [7, 11) is 0. The van der Waals surface area contributed by atoms with Gasteiger partial charge in [0.1, 0.15) is 0 Å². The summed E-state index contributed by atoms with van der Waals surface area (Å²) < 4.78 is 0. The van der Waals surface area contributed by atoms with Crippen LogP contribution in [0.25, 0.3) is 0 Å². The second-order valence-electron chi connectivity index (χ2n) is 7.56. The van der Waals surface area contributed by atoms with E-state index >= 15 is 0 Å². The van der Waals surface area contributed by atoms with E-state index in [0.717, 1.165) is 25.7 Å². The van der Waals surface area contributed by atoms with Crippen molar-refractivity contribution in [3.05, 3.63) is 12.2 Å². The predicted octanol–water partition coefficient (Wildman–Crippen LogP) is 3.37. The number of aliphatic carboxylic acids is 1. The quantitative estimate of drug-likeness (QED) is 0.600. The molecule has 0 aliphatic heterocycles. The van der Waals surface area contributed by atoms with E-state index in [9.17, 15) is 15.0 Å². The highest BCUT2D eigenvalue weighted by atomic mass is 16.4. The maximum atomic E-state index is 10.9. The van der Waals surface area contributed by atoms with Gasteiger partial charge in [0, 0.05) is 5.92 Å². The van der Waals surface area contributed by atoms with Gasteiger partial charge in [0.25, 0.3) is 0 Å². The molecule has 0 saturated heterocycles. The topological polar surface area (TPSA) is 77.8 Å². The molecule has 3 N–H and O–H groups in total. The molecule has 128 valence electrons. The molecule has 1 aliphatic carbocycles. The minimum atomic E-state index is -0.941. The Hall–Kier alpha value is -0.870. The van der Waals surface area contributed by atoms with Gasteiger partial charge in [0.05, 0.1) is 18.1 Å². The number of rotatable bonds is 8. The first-order chi connectivity index (χ1) is 10.1. The molecule has 0 aromatic rings. The van der Waals surface area contributed by atoms with Crippen LogP contribution in [0.4, 0.5) is 0 Å². The molecule has 1 fully saturated rings. The Morgan fingerprint density at radius 3 is 2.45 bits per heavy atom. The van der Waals surface area contributed by atoms with Gasteiger partial charge in [-0.25, -0.2) is 0 Å². The van der Waals surface area contributed by atoms with Crippen LogP contribution in [0, 0.1) is 17.3 Å². The fraction of sp³-hybridized carbons (Fsp3) is 0.833. The molecule has 0 aromatic carbocycles. The summed E-state index contributed by atoms with van der Waals surface area (Å²) in [4.78, 5) is 10.9. The Balaban J connectivity index is 2.78. The number of aliphatic hydroxyl groups is 2. The molecule has 0 heterocycles. The molecule has 0 aromatic heterocycles. The monoisotopic (exact) mass is 312 g/mol. The zero-order valence-electron chi connectivity index (χ0n) is 14.4. The number of allylic oxidation sites excluding steroid dienone is 1. The van der Waals surface area contributed by atoms with Crippen LogP contribution in [0.2, 0.25) is 0 Å². The lowest BCUT2D eigenvalue weighted by molar-refractivity contribution is -0.139. The first-order valence-electron chi connectivity index (χ1n) is 8.42. The predicted molar refractivity (Wildman–Crippen MR) is 87.5 cm³/mol. The van der Waals surface area contributed by atoms with Gasteiger partial charge in [0.2, 0.25) is 0 Å². The summed E-state index contributed by atoms with van der Waals surface area (Å²) in [6.07, 6.45) is 7.69. The van der Waals surface area contributed by atoms with Crippen molar-refractivity contribution < 1.29 is 20.1 Å². The van der Waals surface area contributed by atoms with E-state index in [1.165, 1.54) is 0 Å². The number of carboxylic acids is 1. The summed E-state index contributed by atoms with van der Waals surface area (Å²) in [5.41, 5.74) is -1.18. The average Bonchev–Trinajstić information content (AvgIpc) is 2.75. The maximum Gasteiger partial charge on any atom is 0.303 e. The van der Waals surface area contributed by atoms with E-state index in [-0.39, 0.29) is 23.7 Å². The number of hydrogen-bond acceptors (Lipinski definition) is 3. The minimum absolute atomic E-state index is 0.0163. The van der Waals surface area contributed by atoms with Crippen molar-refractivity contribution in [2.75, 3.05) is 0 Å². The normalized spacial score (nSPS) is 28.9. The molecule has 0 radical (unpaired) electrons. The Labute approximate surface area is 134 Å². The van der Waals surface area contributed by atoms with E-state index in [4.69, 9.17) is 5.11 Å². The van der Waals surface area contributed by atoms with Crippen molar-refractivity contribution in [2.24, 2.45) is 17.3 Å². The zero-order valence-corrected chi connectivity index (χ0v) is 14.4. The molecule has 0 bridgehead atoms. The van der Waals surface area contributed by atoms with Crippen LogP contribution in [0.1, 0.15) is 66.2 Å². The van der Waals surface area contributed by atoms with Crippen LogP contribution in [0.3, 0.4) is 0 Å². The fourth-order valence-corrected chi connectivity index (χ4v) is 3.21. The molecular formula is C18H32O4. The minimum Gasteiger partial charge on any atom is -0.481 e. The van der Waals surface area contributed by atoms with Gasteiger partial charge in [-0.05, 0) is 37.5 Å². The smallest absolute Gasteiger partial charge is 0.303 e. The standard InChI is InChI=1S/C18H32O4/c1-5-6-10-17(2,3)18(4,22)11-9-13-7-8-15(19)14(13)12-16(20)21/h9,11,13-15,19,22H,5-8,10,12H2,1-4H3,(H,20,21)/t13-,14-,15+,18?/m1/s1. The molecule has 4 nitrogen and oxygen atoms in total. The first kappa shape index (κ1) is 19.2. The van der Waals surface area contributed by atoms with E-state index in [1.807, 2.05) is 19.1 Å². The van der Waals surface area contributed by atoms with E-state index < -0.39 is 17.7 Å². The molecule has 1 rings (SSSR count). The van der Waals surface area contributed by atoms with Gasteiger partial charge >= 0.3 is 5.97 Å². The van der Waals surface area contributed by atoms with E-state index in [2.05, 4.69) is 20.8 Å². The van der Waals surface area contributed by atoms with Crippen LogP contribution >= 0.6 is 0 Å². The van der Waals surface area contributed by atoms with Gasteiger partial charge in [-0.3, -0.25) is 4.79 Å². The van der Waals surface area contributed by atoms with Gasteiger partial charge in [-0.15, -0.1) is 0 Å². The Morgan fingerprint density at radius 1 is 1.27 bits per heavy atom. The first-order valence-corrected chi connectivity index (χ1v) is 8.42. The van der Waals surface area contributed by atoms with Gasteiger partial charge in [-0.1, -0.05) is 45.8 Å². The molecule has 1 saturated carbocycles. The highest BCUT2D eigenvalue weighted by Crippen LogP contribution is 2.40. The third kappa shape index (κ3) is 4.82. The van der Waals surface area contributed by atoms with Crippen LogP contribution in [0.5, 0.6) is 0 Å². The van der Waals surface area contributed by atoms with E-state index in [0.29, 0.717) is 6.42 Å². The van der Waals surface area contributed by atoms with Gasteiger partial charge in [0.15, 0.2) is 0 Å². The summed E-state index contributed by atoms with van der Waals surface area (Å²) in [6.45, 7) is 8.07. The van der Waals surface area contributed by atoms with Gasteiger partial charge in [-0.2, -0.15) is 0 Å². The lowest BCUT2D eigenvalue weighted by Crippen LogP contribution is -2.40. The second-order valence-corrected chi connectivity index (χ2v) is 7.56. The van der Waals surface area contributed by atoms with E-state index in [1.54, 1.807) is 0 Å². The highest BCUT2D eigenvalue weighted by Gasteiger charge is 2.38. The number of carboxylic acid groups (broad SMARTS) is 1. The highest BCUT2D eigenvalue weighted by molar-refractivity contribution is 5.67. The third-order valence-corrected chi connectivity index (χ3v) is 5.44. The van der Waals surface area contributed by atoms with Crippen LogP contribution < -0.4 is 0 Å². The largest absolute Gasteiger partial charge is 0.481 e.